The van der Waals surface area contributed by atoms with Crippen molar-refractivity contribution in [2.45, 2.75) is 13.5 Å². The highest BCUT2D eigenvalue weighted by molar-refractivity contribution is 6.30. The summed E-state index contributed by atoms with van der Waals surface area (Å²) in [7, 11) is 0. The number of benzene rings is 2. The molecule has 0 bridgehead atoms. The van der Waals surface area contributed by atoms with Gasteiger partial charge < -0.3 is 5.32 Å². The predicted octanol–water partition coefficient (Wildman–Crippen LogP) is 4.13. The first-order valence-electron chi connectivity index (χ1n) is 7.02. The number of aryl methyl sites for hydroxylation is 1. The van der Waals surface area contributed by atoms with Crippen LogP contribution in [-0.4, -0.2) is 10.9 Å². The second-order valence-corrected chi connectivity index (χ2v) is 5.57. The summed E-state index contributed by atoms with van der Waals surface area (Å²) in [5.41, 5.74) is 3.52. The molecule has 3 aromatic rings. The number of carbonyl (C=O) groups is 1. The number of para-hydroxylation sites is 1. The maximum Gasteiger partial charge on any atom is 0.252 e. The Bertz CT molecular complexity index is 828. The first kappa shape index (κ1) is 14.5. The molecule has 0 aliphatic carbocycles. The van der Waals surface area contributed by atoms with E-state index >= 15 is 0 Å². The lowest BCUT2D eigenvalue weighted by Crippen LogP contribution is -2.23. The molecule has 0 aliphatic heterocycles. The number of hydrogen-bond acceptors (Lipinski definition) is 2. The van der Waals surface area contributed by atoms with E-state index in [1.54, 1.807) is 6.07 Å². The van der Waals surface area contributed by atoms with E-state index < -0.39 is 0 Å². The molecule has 3 rings (SSSR count). The molecule has 0 unspecified atom stereocenters. The molecule has 110 valence electrons. The number of halogens is 1. The van der Waals surface area contributed by atoms with Gasteiger partial charge in [0.2, 0.25) is 0 Å². The Morgan fingerprint density at radius 1 is 1.14 bits per heavy atom. The summed E-state index contributed by atoms with van der Waals surface area (Å²) in [6.07, 6.45) is 0. The molecule has 3 nitrogen and oxygen atoms in total. The molecule has 1 heterocycles. The van der Waals surface area contributed by atoms with Gasteiger partial charge >= 0.3 is 0 Å². The van der Waals surface area contributed by atoms with E-state index in [2.05, 4.69) is 10.3 Å². The van der Waals surface area contributed by atoms with Crippen molar-refractivity contribution in [2.75, 3.05) is 0 Å². The van der Waals surface area contributed by atoms with Gasteiger partial charge in [-0.3, -0.25) is 4.79 Å². The Balaban J connectivity index is 1.84. The van der Waals surface area contributed by atoms with Crippen molar-refractivity contribution < 1.29 is 4.79 Å². The molecule has 1 aromatic heterocycles. The van der Waals surface area contributed by atoms with Gasteiger partial charge in [0.05, 0.1) is 11.1 Å². The minimum atomic E-state index is -0.152. The topological polar surface area (TPSA) is 42.0 Å². The van der Waals surface area contributed by atoms with E-state index in [0.717, 1.165) is 16.5 Å². The van der Waals surface area contributed by atoms with Crippen LogP contribution in [0.2, 0.25) is 5.15 Å². The number of nitrogens with one attached hydrogen (secondary N) is 1. The normalized spacial score (nSPS) is 10.6. The quantitative estimate of drug-likeness (QED) is 0.739. The van der Waals surface area contributed by atoms with E-state index in [9.17, 15) is 4.79 Å². The monoisotopic (exact) mass is 310 g/mol. The van der Waals surface area contributed by atoms with Crippen molar-refractivity contribution in [3.63, 3.8) is 0 Å². The van der Waals surface area contributed by atoms with Crippen molar-refractivity contribution in [3.8, 4) is 0 Å². The highest BCUT2D eigenvalue weighted by Gasteiger charge is 2.12. The van der Waals surface area contributed by atoms with E-state index in [1.807, 2.05) is 55.5 Å². The van der Waals surface area contributed by atoms with Crippen LogP contribution in [0, 0.1) is 6.92 Å². The summed E-state index contributed by atoms with van der Waals surface area (Å²) in [5.74, 6) is -0.152. The van der Waals surface area contributed by atoms with Gasteiger partial charge in [0, 0.05) is 11.9 Å². The Morgan fingerprint density at radius 2 is 1.86 bits per heavy atom. The fourth-order valence-corrected chi connectivity index (χ4v) is 2.51. The van der Waals surface area contributed by atoms with Crippen molar-refractivity contribution in [1.82, 2.24) is 10.3 Å². The zero-order valence-corrected chi connectivity index (χ0v) is 12.9. The van der Waals surface area contributed by atoms with E-state index in [-0.39, 0.29) is 5.91 Å². The maximum atomic E-state index is 12.5. The third-order valence-corrected chi connectivity index (χ3v) is 3.70. The Hall–Kier alpha value is -2.39. The van der Waals surface area contributed by atoms with Crippen molar-refractivity contribution in [3.05, 3.63) is 76.4 Å². The van der Waals surface area contributed by atoms with Crippen LogP contribution in [0.25, 0.3) is 10.9 Å². The van der Waals surface area contributed by atoms with Gasteiger partial charge in [0.15, 0.2) is 0 Å². The largest absolute Gasteiger partial charge is 0.348 e. The van der Waals surface area contributed by atoms with Crippen LogP contribution < -0.4 is 5.32 Å². The molecule has 2 aromatic carbocycles. The second kappa shape index (κ2) is 6.16. The molecule has 0 fully saturated rings. The van der Waals surface area contributed by atoms with Crippen LogP contribution in [0.3, 0.4) is 0 Å². The minimum Gasteiger partial charge on any atom is -0.348 e. The number of hydrogen-bond donors (Lipinski definition) is 1. The smallest absolute Gasteiger partial charge is 0.252 e. The van der Waals surface area contributed by atoms with Gasteiger partial charge in [-0.25, -0.2) is 4.98 Å². The Kier molecular flexibility index (Phi) is 4.07. The van der Waals surface area contributed by atoms with Gasteiger partial charge in [-0.2, -0.15) is 0 Å². The summed E-state index contributed by atoms with van der Waals surface area (Å²) in [6.45, 7) is 2.51. The number of aromatic nitrogens is 1. The lowest BCUT2D eigenvalue weighted by Gasteiger charge is -2.09. The molecule has 22 heavy (non-hydrogen) atoms. The number of pyridine rings is 1. The van der Waals surface area contributed by atoms with E-state index in [0.29, 0.717) is 17.3 Å². The van der Waals surface area contributed by atoms with Gasteiger partial charge in [-0.1, -0.05) is 59.6 Å². The predicted molar refractivity (Wildman–Crippen MR) is 89.1 cm³/mol. The molecule has 0 saturated carbocycles. The molecule has 0 aliphatic rings. The third-order valence-electron chi connectivity index (χ3n) is 3.50. The average molecular weight is 311 g/mol. The summed E-state index contributed by atoms with van der Waals surface area (Å²) in [6, 6.07) is 17.2. The van der Waals surface area contributed by atoms with Gasteiger partial charge in [0.25, 0.3) is 5.91 Å². The van der Waals surface area contributed by atoms with Crippen LogP contribution in [-0.2, 0) is 6.54 Å². The first-order chi connectivity index (χ1) is 10.6. The molecular formula is C18H15ClN2O. The number of amides is 1. The van der Waals surface area contributed by atoms with Crippen LogP contribution in [0.1, 0.15) is 21.5 Å². The first-order valence-corrected chi connectivity index (χ1v) is 7.40. The fourth-order valence-electron chi connectivity index (χ4n) is 2.31. The maximum absolute atomic E-state index is 12.5. The standard InChI is InChI=1S/C18H15ClN2O/c1-12-6-8-13(9-7-12)11-20-18(22)15-10-17(19)21-16-5-3-2-4-14(15)16/h2-10H,11H2,1H3,(H,20,22). The molecule has 1 amide bonds. The molecule has 0 radical (unpaired) electrons. The minimum absolute atomic E-state index is 0.152. The zero-order valence-electron chi connectivity index (χ0n) is 12.1. The fraction of sp³-hybridized carbons (Fsp3) is 0.111. The summed E-state index contributed by atoms with van der Waals surface area (Å²) < 4.78 is 0. The molecule has 0 atom stereocenters. The van der Waals surface area contributed by atoms with Crippen LogP contribution >= 0.6 is 11.6 Å². The average Bonchev–Trinajstić information content (AvgIpc) is 2.53. The van der Waals surface area contributed by atoms with E-state index in [1.165, 1.54) is 5.56 Å². The van der Waals surface area contributed by atoms with E-state index in [4.69, 9.17) is 11.6 Å². The second-order valence-electron chi connectivity index (χ2n) is 5.18. The Morgan fingerprint density at radius 3 is 2.64 bits per heavy atom. The number of fused-ring (bicyclic) bond motifs is 1. The van der Waals surface area contributed by atoms with Crippen molar-refractivity contribution in [2.24, 2.45) is 0 Å². The summed E-state index contributed by atoms with van der Waals surface area (Å²) in [5, 5.41) is 4.05. The van der Waals surface area contributed by atoms with Crippen LogP contribution in [0.4, 0.5) is 0 Å². The zero-order chi connectivity index (χ0) is 15.5. The molecule has 0 spiro atoms. The molecule has 1 N–H and O–H groups in total. The number of carbonyl (C=O) groups excluding carboxylic acids is 1. The SMILES string of the molecule is Cc1ccc(CNC(=O)c2cc(Cl)nc3ccccc23)cc1. The van der Waals surface area contributed by atoms with Gasteiger partial charge in [-0.05, 0) is 24.6 Å². The third kappa shape index (κ3) is 3.10. The van der Waals surface area contributed by atoms with Crippen molar-refractivity contribution in [1.29, 1.82) is 0 Å². The lowest BCUT2D eigenvalue weighted by molar-refractivity contribution is 0.0952. The van der Waals surface area contributed by atoms with Crippen LogP contribution in [0.15, 0.2) is 54.6 Å². The highest BCUT2D eigenvalue weighted by Crippen LogP contribution is 2.20. The molecular weight excluding hydrogens is 296 g/mol. The van der Waals surface area contributed by atoms with Gasteiger partial charge in [-0.15, -0.1) is 0 Å². The Labute approximate surface area is 133 Å². The summed E-state index contributed by atoms with van der Waals surface area (Å²) >= 11 is 6.01. The number of rotatable bonds is 3. The molecule has 4 heteroatoms. The molecule has 0 saturated heterocycles. The van der Waals surface area contributed by atoms with Crippen LogP contribution in [0.5, 0.6) is 0 Å². The highest BCUT2D eigenvalue weighted by atomic mass is 35.5. The summed E-state index contributed by atoms with van der Waals surface area (Å²) in [4.78, 5) is 16.7. The lowest BCUT2D eigenvalue weighted by atomic mass is 10.1. The number of nitrogens with zero attached hydrogens (tertiary/aromatic N) is 1. The van der Waals surface area contributed by atoms with Crippen molar-refractivity contribution >= 4 is 28.4 Å². The van der Waals surface area contributed by atoms with Gasteiger partial charge in [0.1, 0.15) is 5.15 Å².